The molecule has 0 atom stereocenters. The van der Waals surface area contributed by atoms with Gasteiger partial charge >= 0.3 is 6.36 Å². The molecule has 1 saturated heterocycles. The van der Waals surface area contributed by atoms with E-state index in [0.717, 1.165) is 31.0 Å². The quantitative estimate of drug-likeness (QED) is 0.241. The van der Waals surface area contributed by atoms with Gasteiger partial charge in [0.1, 0.15) is 17.4 Å². The highest BCUT2D eigenvalue weighted by Gasteiger charge is 2.31. The first-order valence-corrected chi connectivity index (χ1v) is 13.1. The van der Waals surface area contributed by atoms with Crippen molar-refractivity contribution in [3.8, 4) is 16.9 Å². The first-order chi connectivity index (χ1) is 14.3. The van der Waals surface area contributed by atoms with Gasteiger partial charge in [0.25, 0.3) is 0 Å². The smallest absolute Gasteiger partial charge is 0.406 e. The van der Waals surface area contributed by atoms with Crippen LogP contribution in [0.1, 0.15) is 50.5 Å². The third kappa shape index (κ3) is 6.06. The molecular formula is C23H27F5OSi. The molecule has 30 heavy (non-hydrogen) atoms. The number of halogens is 5. The van der Waals surface area contributed by atoms with Gasteiger partial charge in [-0.3, -0.25) is 0 Å². The first-order valence-electron chi connectivity index (χ1n) is 10.6. The largest absolute Gasteiger partial charge is 0.573 e. The van der Waals surface area contributed by atoms with Crippen LogP contribution in [0, 0.1) is 11.6 Å². The van der Waals surface area contributed by atoms with Gasteiger partial charge in [0.15, 0.2) is 0 Å². The molecule has 3 rings (SSSR count). The van der Waals surface area contributed by atoms with E-state index in [1.807, 2.05) is 0 Å². The average Bonchev–Trinajstić information content (AvgIpc) is 2.70. The van der Waals surface area contributed by atoms with E-state index in [0.29, 0.717) is 11.1 Å². The first kappa shape index (κ1) is 22.8. The monoisotopic (exact) mass is 442 g/mol. The van der Waals surface area contributed by atoms with Gasteiger partial charge in [-0.05, 0) is 54.2 Å². The fourth-order valence-corrected chi connectivity index (χ4v) is 7.86. The second-order valence-corrected chi connectivity index (χ2v) is 11.6. The lowest BCUT2D eigenvalue weighted by Crippen LogP contribution is -2.21. The van der Waals surface area contributed by atoms with Crippen LogP contribution in [0.15, 0.2) is 36.4 Å². The minimum absolute atomic E-state index is 0.0393. The summed E-state index contributed by atoms with van der Waals surface area (Å²) in [6.07, 6.45) is 0.835. The minimum Gasteiger partial charge on any atom is -0.406 e. The Morgan fingerprint density at radius 2 is 1.63 bits per heavy atom. The Hall–Kier alpha value is -1.89. The zero-order chi connectivity index (χ0) is 21.7. The second-order valence-electron chi connectivity index (χ2n) is 8.14. The van der Waals surface area contributed by atoms with Crippen LogP contribution in [0.4, 0.5) is 22.0 Å². The van der Waals surface area contributed by atoms with E-state index in [4.69, 9.17) is 0 Å². The van der Waals surface area contributed by atoms with Crippen LogP contribution < -0.4 is 4.74 Å². The molecule has 164 valence electrons. The molecular weight excluding hydrogens is 415 g/mol. The predicted molar refractivity (Wildman–Crippen MR) is 112 cm³/mol. The lowest BCUT2D eigenvalue weighted by atomic mass is 9.91. The van der Waals surface area contributed by atoms with E-state index in [1.54, 1.807) is 0 Å². The SMILES string of the molecule is CCCCC[SiH]1CCC(c2cc(F)c(-c3ccc(OC(F)(F)F)cc3)cc2F)CC1. The number of unbranched alkanes of at least 4 members (excludes halogenated alkanes) is 2. The maximum atomic E-state index is 14.8. The van der Waals surface area contributed by atoms with Crippen molar-refractivity contribution in [2.24, 2.45) is 0 Å². The van der Waals surface area contributed by atoms with Crippen LogP contribution in [0.25, 0.3) is 11.1 Å². The molecule has 0 unspecified atom stereocenters. The summed E-state index contributed by atoms with van der Waals surface area (Å²) < 4.78 is 70.2. The molecule has 0 aliphatic carbocycles. The number of ether oxygens (including phenoxy) is 1. The Labute approximate surface area is 175 Å². The van der Waals surface area contributed by atoms with E-state index in [-0.39, 0.29) is 11.5 Å². The fourth-order valence-electron chi connectivity index (χ4n) is 4.38. The summed E-state index contributed by atoms with van der Waals surface area (Å²) in [5, 5.41) is 0. The van der Waals surface area contributed by atoms with Crippen LogP contribution in [0.2, 0.25) is 18.1 Å². The molecule has 0 radical (unpaired) electrons. The molecule has 1 aliphatic heterocycles. The maximum absolute atomic E-state index is 14.8. The highest BCUT2D eigenvalue weighted by Crippen LogP contribution is 2.38. The van der Waals surface area contributed by atoms with Gasteiger partial charge in [-0.1, -0.05) is 56.5 Å². The van der Waals surface area contributed by atoms with Crippen molar-refractivity contribution >= 4 is 8.80 Å². The number of rotatable bonds is 7. The number of hydrogen-bond donors (Lipinski definition) is 0. The van der Waals surface area contributed by atoms with E-state index in [9.17, 15) is 22.0 Å². The lowest BCUT2D eigenvalue weighted by Gasteiger charge is -2.28. The molecule has 1 aliphatic rings. The van der Waals surface area contributed by atoms with Crippen molar-refractivity contribution in [1.29, 1.82) is 0 Å². The molecule has 0 aromatic heterocycles. The molecule has 1 heterocycles. The molecule has 0 saturated carbocycles. The van der Waals surface area contributed by atoms with Gasteiger partial charge in [-0.15, -0.1) is 13.2 Å². The van der Waals surface area contributed by atoms with Crippen molar-refractivity contribution in [2.45, 2.75) is 69.4 Å². The summed E-state index contributed by atoms with van der Waals surface area (Å²) in [4.78, 5) is 0. The molecule has 2 aromatic rings. The fraction of sp³-hybridized carbons (Fsp3) is 0.478. The Morgan fingerprint density at radius 1 is 0.967 bits per heavy atom. The van der Waals surface area contributed by atoms with Gasteiger partial charge in [0, 0.05) is 14.4 Å². The standard InChI is InChI=1S/C23H27F5OSi/c1-2-3-4-11-30-12-9-17(10-13-30)20-15-21(24)19(14-22(20)25)16-5-7-18(8-6-16)29-23(26,27)28/h5-8,14-15,17,30H,2-4,9-13H2,1H3. The highest BCUT2D eigenvalue weighted by atomic mass is 28.3. The molecule has 7 heteroatoms. The highest BCUT2D eigenvalue weighted by molar-refractivity contribution is 6.59. The Morgan fingerprint density at radius 3 is 2.23 bits per heavy atom. The predicted octanol–water partition coefficient (Wildman–Crippen LogP) is 7.83. The Balaban J connectivity index is 1.69. The summed E-state index contributed by atoms with van der Waals surface area (Å²) in [5.74, 6) is -1.36. The van der Waals surface area contributed by atoms with Gasteiger partial charge in [0.05, 0.1) is 0 Å². The van der Waals surface area contributed by atoms with Crippen LogP contribution in [0.5, 0.6) is 5.75 Å². The molecule has 0 bridgehead atoms. The Bertz CT molecular complexity index is 827. The number of alkyl halides is 3. The summed E-state index contributed by atoms with van der Waals surface area (Å²) in [7, 11) is -0.735. The van der Waals surface area contributed by atoms with E-state index < -0.39 is 32.5 Å². The number of benzene rings is 2. The molecule has 2 aromatic carbocycles. The average molecular weight is 443 g/mol. The maximum Gasteiger partial charge on any atom is 0.573 e. The van der Waals surface area contributed by atoms with Crippen molar-refractivity contribution < 1.29 is 26.7 Å². The zero-order valence-electron chi connectivity index (χ0n) is 17.1. The van der Waals surface area contributed by atoms with Crippen molar-refractivity contribution in [3.63, 3.8) is 0 Å². The summed E-state index contributed by atoms with van der Waals surface area (Å²) in [5.41, 5.74) is 0.770. The molecule has 0 amide bonds. The molecule has 1 nitrogen and oxygen atoms in total. The van der Waals surface area contributed by atoms with Crippen LogP contribution in [-0.2, 0) is 0 Å². The molecule has 0 N–H and O–H groups in total. The molecule has 1 fully saturated rings. The van der Waals surface area contributed by atoms with Crippen LogP contribution >= 0.6 is 0 Å². The van der Waals surface area contributed by atoms with Gasteiger partial charge in [-0.25, -0.2) is 8.78 Å². The number of hydrogen-bond acceptors (Lipinski definition) is 1. The van der Waals surface area contributed by atoms with E-state index in [2.05, 4.69) is 11.7 Å². The van der Waals surface area contributed by atoms with Crippen LogP contribution in [-0.4, -0.2) is 15.2 Å². The third-order valence-corrected chi connectivity index (χ3v) is 9.51. The topological polar surface area (TPSA) is 9.23 Å². The van der Waals surface area contributed by atoms with Gasteiger partial charge in [-0.2, -0.15) is 0 Å². The lowest BCUT2D eigenvalue weighted by molar-refractivity contribution is -0.274. The summed E-state index contributed by atoms with van der Waals surface area (Å²) in [6.45, 7) is 2.20. The summed E-state index contributed by atoms with van der Waals surface area (Å²) >= 11 is 0. The van der Waals surface area contributed by atoms with E-state index in [1.165, 1.54) is 55.6 Å². The third-order valence-electron chi connectivity index (χ3n) is 5.99. The van der Waals surface area contributed by atoms with Crippen molar-refractivity contribution in [3.05, 3.63) is 53.6 Å². The normalized spacial score (nSPS) is 19.7. The van der Waals surface area contributed by atoms with Gasteiger partial charge in [0.2, 0.25) is 0 Å². The Kier molecular flexibility index (Phi) is 7.55. The van der Waals surface area contributed by atoms with Crippen molar-refractivity contribution in [1.82, 2.24) is 0 Å². The zero-order valence-corrected chi connectivity index (χ0v) is 18.2. The molecule has 0 spiro atoms. The summed E-state index contributed by atoms with van der Waals surface area (Å²) in [6, 6.07) is 10.9. The van der Waals surface area contributed by atoms with E-state index >= 15 is 0 Å². The minimum atomic E-state index is -4.79. The van der Waals surface area contributed by atoms with Crippen molar-refractivity contribution in [2.75, 3.05) is 0 Å². The van der Waals surface area contributed by atoms with Crippen LogP contribution in [0.3, 0.4) is 0 Å². The van der Waals surface area contributed by atoms with Gasteiger partial charge < -0.3 is 4.74 Å². The second kappa shape index (κ2) is 9.94.